The molecule has 1 saturated carbocycles. The zero-order chi connectivity index (χ0) is 24.9. The van der Waals surface area contributed by atoms with E-state index in [9.17, 15) is 9.59 Å². The molecule has 0 aromatic heterocycles. The van der Waals surface area contributed by atoms with Gasteiger partial charge in [0.25, 0.3) is 0 Å². The number of anilines is 1. The molecule has 3 atom stereocenters. The number of nitrogens with zero attached hydrogens (tertiary/aromatic N) is 2. The minimum Gasteiger partial charge on any atom is -0.314 e. The Bertz CT molecular complexity index is 1490. The predicted octanol–water partition coefficient (Wildman–Crippen LogP) is 5.18. The molecular formula is C32H30N2O2. The SMILES string of the molecule is CC(=O)C(C(C)=O)=c1ccc2c(c1)N1C(c3ccccc3)=C[C@@H](c3ccccc3)[C@@H]3CCCC[C@@]31N=2. The van der Waals surface area contributed by atoms with Gasteiger partial charge in [-0.05, 0) is 61.6 Å². The van der Waals surface area contributed by atoms with Gasteiger partial charge >= 0.3 is 0 Å². The van der Waals surface area contributed by atoms with Crippen molar-refractivity contribution in [2.75, 3.05) is 4.90 Å². The molecule has 0 bridgehead atoms. The molecule has 0 saturated heterocycles. The molecule has 1 spiro atoms. The van der Waals surface area contributed by atoms with E-state index in [0.717, 1.165) is 41.6 Å². The van der Waals surface area contributed by atoms with Gasteiger partial charge in [-0.3, -0.25) is 14.6 Å². The van der Waals surface area contributed by atoms with Crippen LogP contribution in [-0.4, -0.2) is 17.2 Å². The third-order valence-electron chi connectivity index (χ3n) is 8.08. The van der Waals surface area contributed by atoms with Crippen molar-refractivity contribution < 1.29 is 9.59 Å². The first-order valence-electron chi connectivity index (χ1n) is 12.9. The molecule has 3 aromatic rings. The number of rotatable bonds is 4. The zero-order valence-electron chi connectivity index (χ0n) is 20.8. The van der Waals surface area contributed by atoms with Crippen LogP contribution in [0.15, 0.2) is 89.9 Å². The van der Waals surface area contributed by atoms with Crippen LogP contribution in [0.5, 0.6) is 0 Å². The van der Waals surface area contributed by atoms with Gasteiger partial charge in [-0.15, -0.1) is 0 Å². The van der Waals surface area contributed by atoms with Crippen LogP contribution in [0.2, 0.25) is 0 Å². The molecule has 0 N–H and O–H groups in total. The average molecular weight is 475 g/mol. The Kier molecular flexibility index (Phi) is 5.48. The van der Waals surface area contributed by atoms with Crippen LogP contribution in [0.4, 0.5) is 5.69 Å². The third kappa shape index (κ3) is 3.47. The molecule has 2 aliphatic heterocycles. The maximum Gasteiger partial charge on any atom is 0.163 e. The van der Waals surface area contributed by atoms with Gasteiger partial charge in [-0.2, -0.15) is 0 Å². The fourth-order valence-electron chi connectivity index (χ4n) is 6.66. The van der Waals surface area contributed by atoms with E-state index in [0.29, 0.717) is 11.1 Å². The minimum absolute atomic E-state index is 0.204. The van der Waals surface area contributed by atoms with Crippen LogP contribution in [0, 0.1) is 5.92 Å². The van der Waals surface area contributed by atoms with E-state index in [-0.39, 0.29) is 28.7 Å². The number of hydrogen-bond acceptors (Lipinski definition) is 4. The summed E-state index contributed by atoms with van der Waals surface area (Å²) in [4.78, 5) is 32.7. The lowest BCUT2D eigenvalue weighted by Crippen LogP contribution is -2.55. The van der Waals surface area contributed by atoms with Gasteiger partial charge in [0.05, 0.1) is 16.6 Å². The summed E-state index contributed by atoms with van der Waals surface area (Å²) < 4.78 is 0. The van der Waals surface area contributed by atoms with Crippen LogP contribution in [-0.2, 0) is 9.59 Å². The molecular weight excluding hydrogens is 444 g/mol. The molecule has 3 aliphatic rings. The molecule has 1 fully saturated rings. The lowest BCUT2D eigenvalue weighted by molar-refractivity contribution is -0.116. The van der Waals surface area contributed by atoms with E-state index < -0.39 is 0 Å². The van der Waals surface area contributed by atoms with E-state index in [1.165, 1.54) is 25.8 Å². The van der Waals surface area contributed by atoms with Crippen LogP contribution in [0.1, 0.15) is 56.6 Å². The van der Waals surface area contributed by atoms with Crippen molar-refractivity contribution in [1.29, 1.82) is 0 Å². The number of ketones is 2. The number of fused-ring (bicyclic) bond motifs is 2. The summed E-state index contributed by atoms with van der Waals surface area (Å²) in [6.45, 7) is 2.93. The lowest BCUT2D eigenvalue weighted by atomic mass is 9.66. The summed E-state index contributed by atoms with van der Waals surface area (Å²) in [5.74, 6) is 0.182. The van der Waals surface area contributed by atoms with E-state index in [1.54, 1.807) is 0 Å². The van der Waals surface area contributed by atoms with Gasteiger partial charge in [-0.25, -0.2) is 0 Å². The Hall–Kier alpha value is -3.79. The molecule has 4 heteroatoms. The van der Waals surface area contributed by atoms with Crippen LogP contribution in [0.25, 0.3) is 11.3 Å². The number of allylic oxidation sites excluding steroid dienone is 1. The second kappa shape index (κ2) is 8.70. The van der Waals surface area contributed by atoms with Crippen LogP contribution in [0.3, 0.4) is 0 Å². The molecule has 0 amide bonds. The highest BCUT2D eigenvalue weighted by Gasteiger charge is 2.55. The topological polar surface area (TPSA) is 49.7 Å². The monoisotopic (exact) mass is 474 g/mol. The average Bonchev–Trinajstić information content (AvgIpc) is 3.21. The fourth-order valence-corrected chi connectivity index (χ4v) is 6.66. The van der Waals surface area contributed by atoms with Gasteiger partial charge < -0.3 is 4.90 Å². The molecule has 3 aromatic carbocycles. The summed E-state index contributed by atoms with van der Waals surface area (Å²) in [6.07, 6.45) is 6.83. The Morgan fingerprint density at radius 3 is 2.28 bits per heavy atom. The maximum absolute atomic E-state index is 12.4. The summed E-state index contributed by atoms with van der Waals surface area (Å²) in [5.41, 5.74) is 4.48. The van der Waals surface area contributed by atoms with Gasteiger partial charge in [0.2, 0.25) is 0 Å². The largest absolute Gasteiger partial charge is 0.314 e. The van der Waals surface area contributed by atoms with E-state index >= 15 is 0 Å². The molecule has 0 unspecified atom stereocenters. The lowest BCUT2D eigenvalue weighted by Gasteiger charge is -2.53. The van der Waals surface area contributed by atoms with Crippen molar-refractivity contribution in [2.24, 2.45) is 10.9 Å². The first kappa shape index (κ1) is 22.7. The number of carbonyl (C=O) groups is 2. The predicted molar refractivity (Wildman–Crippen MR) is 143 cm³/mol. The molecule has 2 heterocycles. The number of carbonyl (C=O) groups excluding carboxylic acids is 2. The van der Waals surface area contributed by atoms with Crippen LogP contribution < -0.4 is 15.5 Å². The van der Waals surface area contributed by atoms with E-state index in [2.05, 4.69) is 65.6 Å². The Morgan fingerprint density at radius 2 is 1.58 bits per heavy atom. The Morgan fingerprint density at radius 1 is 0.889 bits per heavy atom. The Labute approximate surface area is 211 Å². The van der Waals surface area contributed by atoms with Crippen molar-refractivity contribution in [1.82, 2.24) is 0 Å². The quantitative estimate of drug-likeness (QED) is 0.490. The van der Waals surface area contributed by atoms with Crippen LogP contribution >= 0.6 is 0 Å². The molecule has 0 radical (unpaired) electrons. The highest BCUT2D eigenvalue weighted by atomic mass is 16.1. The normalized spacial score (nSPS) is 24.1. The van der Waals surface area contributed by atoms with Gasteiger partial charge in [0.1, 0.15) is 5.66 Å². The zero-order valence-corrected chi connectivity index (χ0v) is 20.8. The number of hydrogen-bond donors (Lipinski definition) is 0. The van der Waals surface area contributed by atoms with Gasteiger partial charge in [0, 0.05) is 17.5 Å². The summed E-state index contributed by atoms with van der Waals surface area (Å²) in [5, 5.41) is 1.61. The molecule has 4 nitrogen and oxygen atoms in total. The van der Waals surface area contributed by atoms with E-state index in [4.69, 9.17) is 4.99 Å². The molecule has 36 heavy (non-hydrogen) atoms. The van der Waals surface area contributed by atoms with Gasteiger partial charge in [0.15, 0.2) is 11.6 Å². The van der Waals surface area contributed by atoms with Crippen molar-refractivity contribution >= 4 is 28.5 Å². The molecule has 180 valence electrons. The maximum atomic E-state index is 12.4. The second-order valence-corrected chi connectivity index (χ2v) is 10.2. The number of Topliss-reactive ketones (excluding diaryl/α,β-unsaturated/α-hetero) is 2. The standard InChI is InChI=1S/C32H30N2O2/c1-21(35)31(22(2)36)25-16-17-28-30(19-25)34-29(24-13-7-4-8-14-24)20-26(23-11-5-3-6-12-23)27-15-9-10-18-32(27,34)33-28/h3-8,11-14,16-17,19-20,26-27H,9-10,15,18H2,1-2H3/t26-,27-,32-/m0/s1. The van der Waals surface area contributed by atoms with Crippen molar-refractivity contribution in [3.63, 3.8) is 0 Å². The smallest absolute Gasteiger partial charge is 0.163 e. The highest BCUT2D eigenvalue weighted by molar-refractivity contribution is 6.39. The minimum atomic E-state index is -0.383. The number of benzene rings is 3. The summed E-state index contributed by atoms with van der Waals surface area (Å²) in [7, 11) is 0. The van der Waals surface area contributed by atoms with Crippen molar-refractivity contribution in [2.45, 2.75) is 51.1 Å². The second-order valence-electron chi connectivity index (χ2n) is 10.2. The first-order chi connectivity index (χ1) is 17.5. The summed E-state index contributed by atoms with van der Waals surface area (Å²) in [6, 6.07) is 27.2. The molecule has 1 aliphatic carbocycles. The third-order valence-corrected chi connectivity index (χ3v) is 8.08. The highest BCUT2D eigenvalue weighted by Crippen LogP contribution is 2.55. The first-order valence-corrected chi connectivity index (χ1v) is 12.9. The van der Waals surface area contributed by atoms with Crippen molar-refractivity contribution in [3.05, 3.63) is 107 Å². The summed E-state index contributed by atoms with van der Waals surface area (Å²) >= 11 is 0. The van der Waals surface area contributed by atoms with Crippen molar-refractivity contribution in [3.8, 4) is 0 Å². The Balaban J connectivity index is 1.64. The molecule has 6 rings (SSSR count). The fraction of sp³-hybridized carbons (Fsp3) is 0.281. The van der Waals surface area contributed by atoms with E-state index in [1.807, 2.05) is 24.3 Å². The van der Waals surface area contributed by atoms with Gasteiger partial charge in [-0.1, -0.05) is 79.2 Å².